The van der Waals surface area contributed by atoms with Crippen molar-refractivity contribution in [2.75, 3.05) is 5.32 Å². The second-order valence-corrected chi connectivity index (χ2v) is 4.00. The molecule has 16 heavy (non-hydrogen) atoms. The van der Waals surface area contributed by atoms with Crippen LogP contribution in [0, 0.1) is 0 Å². The summed E-state index contributed by atoms with van der Waals surface area (Å²) in [6.45, 7) is 0.637. The van der Waals surface area contributed by atoms with Gasteiger partial charge in [-0.05, 0) is 10.4 Å². The molecule has 3 aromatic heterocycles. The molecule has 3 rings (SSSR count). The van der Waals surface area contributed by atoms with E-state index in [4.69, 9.17) is 0 Å². The monoisotopic (exact) mass is 233 g/mol. The zero-order valence-corrected chi connectivity index (χ0v) is 8.92. The van der Waals surface area contributed by atoms with Gasteiger partial charge in [0.2, 0.25) is 0 Å². The van der Waals surface area contributed by atoms with E-state index in [1.165, 1.54) is 0 Å². The Balaban J connectivity index is 1.86. The van der Waals surface area contributed by atoms with Crippen LogP contribution in [0.15, 0.2) is 24.0 Å². The highest BCUT2D eigenvalue weighted by atomic mass is 32.1. The van der Waals surface area contributed by atoms with Crippen LogP contribution in [0.4, 0.5) is 5.82 Å². The lowest BCUT2D eigenvalue weighted by molar-refractivity contribution is 0.819. The molecule has 1 N–H and O–H groups in total. The van der Waals surface area contributed by atoms with Crippen LogP contribution in [0.25, 0.3) is 5.65 Å². The number of nitrogens with one attached hydrogen (secondary N) is 1. The number of tetrazole rings is 1. The van der Waals surface area contributed by atoms with E-state index in [1.807, 2.05) is 5.38 Å². The standard InChI is InChI=1S/C8H7N7S/c1-2-16-8(10-1)5-11-6-3-9-4-7-12-13-14-15(6)7/h1-4,11H,5H2. The second-order valence-electron chi connectivity index (χ2n) is 3.02. The fraction of sp³-hybridized carbons (Fsp3) is 0.125. The molecule has 0 radical (unpaired) electrons. The third-order valence-electron chi connectivity index (χ3n) is 2.01. The van der Waals surface area contributed by atoms with Crippen molar-refractivity contribution in [2.24, 2.45) is 0 Å². The molecule has 0 bridgehead atoms. The first kappa shape index (κ1) is 9.16. The smallest absolute Gasteiger partial charge is 0.199 e. The maximum Gasteiger partial charge on any atom is 0.199 e. The number of hydrogen-bond acceptors (Lipinski definition) is 7. The van der Waals surface area contributed by atoms with Crippen molar-refractivity contribution >= 4 is 22.8 Å². The van der Waals surface area contributed by atoms with E-state index in [2.05, 4.69) is 30.8 Å². The summed E-state index contributed by atoms with van der Waals surface area (Å²) >= 11 is 1.59. The normalized spacial score (nSPS) is 10.8. The molecule has 0 aromatic carbocycles. The van der Waals surface area contributed by atoms with Gasteiger partial charge in [-0.15, -0.1) is 16.4 Å². The molecular weight excluding hydrogens is 226 g/mol. The van der Waals surface area contributed by atoms with Crippen LogP contribution >= 0.6 is 11.3 Å². The SMILES string of the molecule is c1csc(CNc2cncc3nnnn23)n1. The largest absolute Gasteiger partial charge is 0.362 e. The Morgan fingerprint density at radius 3 is 3.25 bits per heavy atom. The lowest BCUT2D eigenvalue weighted by Gasteiger charge is -2.03. The van der Waals surface area contributed by atoms with Crippen LogP contribution in [0.2, 0.25) is 0 Å². The average molecular weight is 233 g/mol. The molecule has 3 heterocycles. The lowest BCUT2D eigenvalue weighted by Crippen LogP contribution is -2.05. The van der Waals surface area contributed by atoms with Gasteiger partial charge in [0.1, 0.15) is 5.01 Å². The summed E-state index contributed by atoms with van der Waals surface area (Å²) in [7, 11) is 0. The topological polar surface area (TPSA) is 80.9 Å². The Morgan fingerprint density at radius 2 is 2.38 bits per heavy atom. The van der Waals surface area contributed by atoms with Gasteiger partial charge in [-0.2, -0.15) is 4.52 Å². The van der Waals surface area contributed by atoms with Crippen LogP contribution in [0.3, 0.4) is 0 Å². The minimum absolute atomic E-state index is 0.615. The zero-order chi connectivity index (χ0) is 10.8. The number of anilines is 1. The van der Waals surface area contributed by atoms with Crippen molar-refractivity contribution in [3.05, 3.63) is 29.0 Å². The molecule has 0 unspecified atom stereocenters. The molecule has 0 saturated carbocycles. The van der Waals surface area contributed by atoms with Crippen molar-refractivity contribution in [1.82, 2.24) is 30.0 Å². The zero-order valence-electron chi connectivity index (χ0n) is 8.11. The lowest BCUT2D eigenvalue weighted by atomic mass is 10.6. The van der Waals surface area contributed by atoms with Gasteiger partial charge in [0, 0.05) is 11.6 Å². The van der Waals surface area contributed by atoms with Crippen molar-refractivity contribution in [3.8, 4) is 0 Å². The van der Waals surface area contributed by atoms with Crippen molar-refractivity contribution in [1.29, 1.82) is 0 Å². The molecule has 0 aliphatic heterocycles. The third kappa shape index (κ3) is 1.58. The first-order chi connectivity index (χ1) is 7.93. The van der Waals surface area contributed by atoms with Crippen LogP contribution in [-0.4, -0.2) is 30.0 Å². The predicted octanol–water partition coefficient (Wildman–Crippen LogP) is 0.588. The molecule has 0 atom stereocenters. The molecule has 0 fully saturated rings. The van der Waals surface area contributed by atoms with Gasteiger partial charge in [-0.25, -0.2) is 4.98 Å². The first-order valence-electron chi connectivity index (χ1n) is 4.58. The van der Waals surface area contributed by atoms with Gasteiger partial charge in [-0.3, -0.25) is 4.98 Å². The molecule has 0 saturated heterocycles. The third-order valence-corrected chi connectivity index (χ3v) is 2.79. The van der Waals surface area contributed by atoms with Gasteiger partial charge in [0.05, 0.1) is 18.9 Å². The average Bonchev–Trinajstić information content (AvgIpc) is 2.97. The van der Waals surface area contributed by atoms with E-state index in [1.54, 1.807) is 34.4 Å². The molecule has 0 amide bonds. The van der Waals surface area contributed by atoms with Crippen molar-refractivity contribution in [3.63, 3.8) is 0 Å². The molecule has 3 aromatic rings. The first-order valence-corrected chi connectivity index (χ1v) is 5.46. The predicted molar refractivity (Wildman–Crippen MR) is 58.0 cm³/mol. The summed E-state index contributed by atoms with van der Waals surface area (Å²) in [6.07, 6.45) is 5.06. The fourth-order valence-electron chi connectivity index (χ4n) is 1.30. The molecule has 7 nitrogen and oxygen atoms in total. The van der Waals surface area contributed by atoms with E-state index < -0.39 is 0 Å². The Kier molecular flexibility index (Phi) is 2.18. The highest BCUT2D eigenvalue weighted by Crippen LogP contribution is 2.09. The van der Waals surface area contributed by atoms with E-state index in [0.717, 1.165) is 10.8 Å². The van der Waals surface area contributed by atoms with Crippen LogP contribution in [-0.2, 0) is 6.54 Å². The minimum atomic E-state index is 0.615. The highest BCUT2D eigenvalue weighted by molar-refractivity contribution is 7.09. The summed E-state index contributed by atoms with van der Waals surface area (Å²) in [4.78, 5) is 8.22. The van der Waals surface area contributed by atoms with Gasteiger partial charge in [0.25, 0.3) is 0 Å². The maximum absolute atomic E-state index is 4.17. The molecular formula is C8H7N7S. The summed E-state index contributed by atoms with van der Waals surface area (Å²) in [5, 5.41) is 17.4. The van der Waals surface area contributed by atoms with Gasteiger partial charge in [0.15, 0.2) is 11.5 Å². The Labute approximate surface area is 94.2 Å². The van der Waals surface area contributed by atoms with E-state index in [0.29, 0.717) is 12.2 Å². The number of hydrogen-bond donors (Lipinski definition) is 1. The minimum Gasteiger partial charge on any atom is -0.362 e. The van der Waals surface area contributed by atoms with E-state index >= 15 is 0 Å². The maximum atomic E-state index is 4.17. The summed E-state index contributed by atoms with van der Waals surface area (Å²) in [5.74, 6) is 0.748. The van der Waals surface area contributed by atoms with Crippen LogP contribution in [0.5, 0.6) is 0 Å². The fourth-order valence-corrected chi connectivity index (χ4v) is 1.86. The molecule has 80 valence electrons. The quantitative estimate of drug-likeness (QED) is 0.713. The van der Waals surface area contributed by atoms with Crippen molar-refractivity contribution < 1.29 is 0 Å². The number of rotatable bonds is 3. The van der Waals surface area contributed by atoms with E-state index in [-0.39, 0.29) is 0 Å². The number of fused-ring (bicyclic) bond motifs is 1. The number of nitrogens with zero attached hydrogens (tertiary/aromatic N) is 6. The van der Waals surface area contributed by atoms with Gasteiger partial charge >= 0.3 is 0 Å². The summed E-state index contributed by atoms with van der Waals surface area (Å²) in [6, 6.07) is 0. The summed E-state index contributed by atoms with van der Waals surface area (Å²) < 4.78 is 1.60. The Morgan fingerprint density at radius 1 is 1.38 bits per heavy atom. The van der Waals surface area contributed by atoms with Crippen LogP contribution < -0.4 is 5.32 Å². The molecule has 0 aliphatic rings. The molecule has 8 heteroatoms. The number of thiazole rings is 1. The van der Waals surface area contributed by atoms with Gasteiger partial charge < -0.3 is 5.32 Å². The van der Waals surface area contributed by atoms with Gasteiger partial charge in [-0.1, -0.05) is 0 Å². The Bertz CT molecular complexity index is 587. The second kappa shape index (κ2) is 3.81. The van der Waals surface area contributed by atoms with Crippen molar-refractivity contribution in [2.45, 2.75) is 6.54 Å². The number of aromatic nitrogens is 6. The van der Waals surface area contributed by atoms with Crippen LogP contribution in [0.1, 0.15) is 5.01 Å². The molecule has 0 aliphatic carbocycles. The summed E-state index contributed by atoms with van der Waals surface area (Å²) in [5.41, 5.74) is 0.615. The molecule has 0 spiro atoms. The van der Waals surface area contributed by atoms with E-state index in [9.17, 15) is 0 Å². The Hall–Kier alpha value is -2.09. The highest BCUT2D eigenvalue weighted by Gasteiger charge is 2.03.